The fourth-order valence-electron chi connectivity index (χ4n) is 4.25. The summed E-state index contributed by atoms with van der Waals surface area (Å²) in [6, 6.07) is 14.3. The average molecular weight is 496 g/mol. The molecule has 0 unspecified atom stereocenters. The second-order valence-electron chi connectivity index (χ2n) is 8.41. The van der Waals surface area contributed by atoms with Gasteiger partial charge in [0.2, 0.25) is 15.2 Å². The monoisotopic (exact) mass is 495 g/mol. The first-order valence-electron chi connectivity index (χ1n) is 11.3. The highest BCUT2D eigenvalue weighted by atomic mass is 32.2. The number of fused-ring (bicyclic) bond motifs is 1. The number of aromatic nitrogens is 4. The smallest absolute Gasteiger partial charge is 0.240 e. The molecule has 1 saturated carbocycles. The van der Waals surface area contributed by atoms with Crippen LogP contribution in [0.3, 0.4) is 0 Å². The predicted molar refractivity (Wildman–Crippen MR) is 132 cm³/mol. The van der Waals surface area contributed by atoms with Gasteiger partial charge in [-0.25, -0.2) is 18.1 Å². The number of ketones is 1. The Bertz CT molecular complexity index is 1400. The summed E-state index contributed by atoms with van der Waals surface area (Å²) in [5.41, 5.74) is 2.30. The molecular formula is C24H25N5O3S2. The lowest BCUT2D eigenvalue weighted by Crippen LogP contribution is -2.36. The second kappa shape index (κ2) is 9.73. The van der Waals surface area contributed by atoms with E-state index in [1.807, 2.05) is 24.3 Å². The molecule has 0 radical (unpaired) electrons. The summed E-state index contributed by atoms with van der Waals surface area (Å²) < 4.78 is 28.2. The molecule has 1 aliphatic carbocycles. The molecular weight excluding hydrogens is 470 g/mol. The van der Waals surface area contributed by atoms with E-state index in [0.717, 1.165) is 42.1 Å². The lowest BCUT2D eigenvalue weighted by molar-refractivity contribution is 0.102. The van der Waals surface area contributed by atoms with E-state index in [1.165, 1.54) is 18.2 Å². The molecule has 176 valence electrons. The van der Waals surface area contributed by atoms with Crippen molar-refractivity contribution >= 4 is 38.5 Å². The van der Waals surface area contributed by atoms with Gasteiger partial charge in [-0.05, 0) is 43.2 Å². The minimum Gasteiger partial charge on any atom is -0.360 e. The fourth-order valence-corrected chi connectivity index (χ4v) is 6.24. The molecule has 4 aromatic rings. The minimum absolute atomic E-state index is 0.00572. The molecule has 10 heteroatoms. The van der Waals surface area contributed by atoms with Gasteiger partial charge in [0.05, 0.1) is 10.6 Å². The van der Waals surface area contributed by atoms with Crippen molar-refractivity contribution in [1.29, 1.82) is 0 Å². The molecule has 1 aliphatic rings. The number of hydrogen-bond acceptors (Lipinski definition) is 6. The van der Waals surface area contributed by atoms with Crippen LogP contribution in [0.1, 0.15) is 42.5 Å². The normalized spacial score (nSPS) is 15.1. The van der Waals surface area contributed by atoms with E-state index in [2.05, 4.69) is 24.9 Å². The number of sulfonamides is 1. The Labute approximate surface area is 202 Å². The van der Waals surface area contributed by atoms with Crippen LogP contribution >= 0.6 is 11.8 Å². The lowest BCUT2D eigenvalue weighted by atomic mass is 9.96. The second-order valence-corrected chi connectivity index (χ2v) is 11.1. The van der Waals surface area contributed by atoms with Gasteiger partial charge < -0.3 is 4.98 Å². The summed E-state index contributed by atoms with van der Waals surface area (Å²) in [6.07, 6.45) is 6.80. The van der Waals surface area contributed by atoms with Crippen molar-refractivity contribution in [1.82, 2.24) is 24.9 Å². The van der Waals surface area contributed by atoms with Crippen molar-refractivity contribution in [3.63, 3.8) is 0 Å². The van der Waals surface area contributed by atoms with Crippen molar-refractivity contribution in [3.05, 3.63) is 60.3 Å². The molecule has 8 nitrogen and oxygen atoms in total. The quantitative estimate of drug-likeness (QED) is 0.244. The number of carbonyl (C=O) groups is 1. The van der Waals surface area contributed by atoms with Crippen LogP contribution in [-0.4, -0.2) is 46.2 Å². The van der Waals surface area contributed by atoms with Gasteiger partial charge in [0.15, 0.2) is 11.6 Å². The third-order valence-electron chi connectivity index (χ3n) is 6.05. The van der Waals surface area contributed by atoms with Gasteiger partial charge in [-0.1, -0.05) is 49.2 Å². The molecule has 1 fully saturated rings. The first kappa shape index (κ1) is 22.8. The van der Waals surface area contributed by atoms with Gasteiger partial charge in [0.1, 0.15) is 0 Å². The molecule has 0 amide bonds. The highest BCUT2D eigenvalue weighted by molar-refractivity contribution is 7.99. The van der Waals surface area contributed by atoms with Gasteiger partial charge in [0, 0.05) is 34.3 Å². The zero-order chi connectivity index (χ0) is 23.5. The summed E-state index contributed by atoms with van der Waals surface area (Å²) in [5.74, 6) is 0.725. The van der Waals surface area contributed by atoms with Crippen molar-refractivity contribution in [3.8, 4) is 11.4 Å². The number of rotatable bonds is 8. The Morgan fingerprint density at radius 1 is 1.06 bits per heavy atom. The Kier molecular flexibility index (Phi) is 6.53. The Hall–Kier alpha value is -2.95. The highest BCUT2D eigenvalue weighted by Gasteiger charge is 2.22. The topological polar surface area (TPSA) is 121 Å². The van der Waals surface area contributed by atoms with E-state index in [9.17, 15) is 13.2 Å². The molecule has 2 aromatic heterocycles. The van der Waals surface area contributed by atoms with E-state index >= 15 is 0 Å². The molecule has 3 N–H and O–H groups in total. The van der Waals surface area contributed by atoms with Crippen LogP contribution in [0.2, 0.25) is 0 Å². The van der Waals surface area contributed by atoms with Gasteiger partial charge in [-0.3, -0.25) is 9.89 Å². The van der Waals surface area contributed by atoms with Crippen molar-refractivity contribution in [2.75, 3.05) is 5.75 Å². The molecule has 0 saturated heterocycles. The number of nitrogens with zero attached hydrogens (tertiary/aromatic N) is 2. The molecule has 2 aromatic carbocycles. The molecule has 0 spiro atoms. The predicted octanol–water partition coefficient (Wildman–Crippen LogP) is 4.54. The summed E-state index contributed by atoms with van der Waals surface area (Å²) >= 11 is 1.25. The fraction of sp³-hybridized carbons (Fsp3) is 0.292. The number of para-hydroxylation sites is 1. The third kappa shape index (κ3) is 4.94. The molecule has 2 heterocycles. The van der Waals surface area contributed by atoms with E-state index in [1.54, 1.807) is 30.5 Å². The lowest BCUT2D eigenvalue weighted by Gasteiger charge is -2.22. The van der Waals surface area contributed by atoms with Gasteiger partial charge in [0.25, 0.3) is 0 Å². The van der Waals surface area contributed by atoms with Crippen LogP contribution in [0, 0.1) is 0 Å². The van der Waals surface area contributed by atoms with E-state index < -0.39 is 10.0 Å². The summed E-state index contributed by atoms with van der Waals surface area (Å²) in [4.78, 5) is 20.5. The zero-order valence-electron chi connectivity index (χ0n) is 18.5. The first-order chi connectivity index (χ1) is 16.5. The SMILES string of the molecule is O=C(CSc1n[nH]c(-c2ccc(S(=O)(=O)NC3CCCCC3)cc2)n1)c1c[nH]c2ccccc12. The molecule has 5 rings (SSSR count). The molecule has 0 bridgehead atoms. The van der Waals surface area contributed by atoms with Crippen LogP contribution in [0.15, 0.2) is 64.8 Å². The van der Waals surface area contributed by atoms with Crippen LogP contribution in [0.5, 0.6) is 0 Å². The molecule has 0 atom stereocenters. The van der Waals surface area contributed by atoms with Gasteiger partial charge in [-0.2, -0.15) is 0 Å². The Balaban J connectivity index is 1.22. The number of aromatic amines is 2. The maximum Gasteiger partial charge on any atom is 0.240 e. The Morgan fingerprint density at radius 3 is 2.62 bits per heavy atom. The maximum absolute atomic E-state index is 12.7. The number of carbonyl (C=O) groups excluding carboxylic acids is 1. The number of thioether (sulfide) groups is 1. The average Bonchev–Trinajstić information content (AvgIpc) is 3.51. The summed E-state index contributed by atoms with van der Waals surface area (Å²) in [5, 5.41) is 8.42. The summed E-state index contributed by atoms with van der Waals surface area (Å²) in [7, 11) is -3.55. The van der Waals surface area contributed by atoms with Crippen molar-refractivity contribution in [2.24, 2.45) is 0 Å². The number of benzene rings is 2. The van der Waals surface area contributed by atoms with Crippen LogP contribution < -0.4 is 4.72 Å². The summed E-state index contributed by atoms with van der Waals surface area (Å²) in [6.45, 7) is 0. The number of H-pyrrole nitrogens is 2. The van der Waals surface area contributed by atoms with Crippen LogP contribution in [-0.2, 0) is 10.0 Å². The van der Waals surface area contributed by atoms with Crippen molar-refractivity contribution < 1.29 is 13.2 Å². The standard InChI is InChI=1S/C24H25N5O3S2/c30-22(20-14-25-21-9-5-4-8-19(20)21)15-33-24-26-23(27-28-24)16-10-12-18(13-11-16)34(31,32)29-17-6-2-1-3-7-17/h4-5,8-14,17,25,29H,1-3,6-7,15H2,(H,26,27,28). The number of nitrogens with one attached hydrogen (secondary N) is 3. The first-order valence-corrected chi connectivity index (χ1v) is 13.7. The molecule has 34 heavy (non-hydrogen) atoms. The van der Waals surface area contributed by atoms with Gasteiger partial charge >= 0.3 is 0 Å². The maximum atomic E-state index is 12.7. The van der Waals surface area contributed by atoms with E-state index in [0.29, 0.717) is 16.5 Å². The largest absolute Gasteiger partial charge is 0.360 e. The number of Topliss-reactive ketones (excluding diaryl/α,β-unsaturated/α-hetero) is 1. The van der Waals surface area contributed by atoms with Crippen molar-refractivity contribution in [2.45, 2.75) is 48.2 Å². The Morgan fingerprint density at radius 2 is 1.82 bits per heavy atom. The minimum atomic E-state index is -3.55. The highest BCUT2D eigenvalue weighted by Crippen LogP contribution is 2.25. The molecule has 0 aliphatic heterocycles. The number of hydrogen-bond donors (Lipinski definition) is 3. The third-order valence-corrected chi connectivity index (χ3v) is 8.44. The van der Waals surface area contributed by atoms with Crippen LogP contribution in [0.25, 0.3) is 22.3 Å². The van der Waals surface area contributed by atoms with E-state index in [-0.39, 0.29) is 22.5 Å². The van der Waals surface area contributed by atoms with E-state index in [4.69, 9.17) is 0 Å². The van der Waals surface area contributed by atoms with Crippen LogP contribution in [0.4, 0.5) is 0 Å². The van der Waals surface area contributed by atoms with Gasteiger partial charge in [-0.15, -0.1) is 5.10 Å². The zero-order valence-corrected chi connectivity index (χ0v) is 20.1.